The lowest BCUT2D eigenvalue weighted by Crippen LogP contribution is -2.43. The third kappa shape index (κ3) is 5.08. The van der Waals surface area contributed by atoms with Gasteiger partial charge in [-0.1, -0.05) is 6.07 Å². The topological polar surface area (TPSA) is 80.1 Å². The van der Waals surface area contributed by atoms with Gasteiger partial charge in [-0.3, -0.25) is 4.98 Å². The SMILES string of the molecule is Cc1cccc(-c2c(-c3cc4cnc(Nc5ccc(N6CCNCC6)cc5)cc4s3)cnn2C2CCCCO2)n1. The van der Waals surface area contributed by atoms with Crippen molar-refractivity contribution in [2.24, 2.45) is 0 Å². The number of thiophene rings is 1. The molecule has 1 atom stereocenters. The van der Waals surface area contributed by atoms with E-state index >= 15 is 0 Å². The molecule has 2 fully saturated rings. The minimum Gasteiger partial charge on any atom is -0.369 e. The summed E-state index contributed by atoms with van der Waals surface area (Å²) < 4.78 is 9.34. The molecule has 8 nitrogen and oxygen atoms in total. The number of aromatic nitrogens is 4. The van der Waals surface area contributed by atoms with Crippen LogP contribution in [0.25, 0.3) is 31.9 Å². The highest BCUT2D eigenvalue weighted by atomic mass is 32.1. The molecule has 4 aromatic heterocycles. The number of rotatable bonds is 6. The summed E-state index contributed by atoms with van der Waals surface area (Å²) in [4.78, 5) is 13.1. The number of piperazine rings is 1. The van der Waals surface area contributed by atoms with Gasteiger partial charge in [0, 0.05) is 76.6 Å². The summed E-state index contributed by atoms with van der Waals surface area (Å²) in [5.41, 5.74) is 6.28. The van der Waals surface area contributed by atoms with Crippen LogP contribution in [0.5, 0.6) is 0 Å². The van der Waals surface area contributed by atoms with Crippen LogP contribution in [0.2, 0.25) is 0 Å². The van der Waals surface area contributed by atoms with E-state index in [9.17, 15) is 0 Å². The van der Waals surface area contributed by atoms with Gasteiger partial charge in [0.2, 0.25) is 0 Å². The second kappa shape index (κ2) is 11.0. The summed E-state index contributed by atoms with van der Waals surface area (Å²) in [6.07, 6.45) is 7.05. The average molecular weight is 552 g/mol. The Morgan fingerprint density at radius 2 is 1.90 bits per heavy atom. The first-order chi connectivity index (χ1) is 19.7. The average Bonchev–Trinajstić information content (AvgIpc) is 3.63. The minimum absolute atomic E-state index is 0.0652. The highest BCUT2D eigenvalue weighted by molar-refractivity contribution is 7.22. The van der Waals surface area contributed by atoms with Crippen molar-refractivity contribution in [2.45, 2.75) is 32.4 Å². The van der Waals surface area contributed by atoms with Crippen molar-refractivity contribution >= 4 is 38.6 Å². The number of benzene rings is 1. The molecular formula is C31H33N7OS. The summed E-state index contributed by atoms with van der Waals surface area (Å²) >= 11 is 1.75. The molecule has 7 rings (SSSR count). The van der Waals surface area contributed by atoms with Crippen LogP contribution in [0.4, 0.5) is 17.2 Å². The molecule has 0 bridgehead atoms. The number of aryl methyl sites for hydroxylation is 1. The van der Waals surface area contributed by atoms with Crippen molar-refractivity contribution in [2.75, 3.05) is 43.0 Å². The third-order valence-corrected chi connectivity index (χ3v) is 8.77. The standard InChI is InChI=1S/C31H33N7OS/c1-21-5-4-6-26(35-21)31-25(20-34-38(31)30-7-2-3-16-39-30)28-17-22-19-33-29(18-27(22)40-28)36-23-8-10-24(11-9-23)37-14-12-32-13-15-37/h4-6,8-11,17-20,30,32H,2-3,7,12-16H2,1H3,(H,33,36). The molecule has 0 spiro atoms. The largest absolute Gasteiger partial charge is 0.369 e. The fourth-order valence-corrected chi connectivity index (χ4v) is 6.65. The smallest absolute Gasteiger partial charge is 0.150 e. The second-order valence-electron chi connectivity index (χ2n) is 10.5. The van der Waals surface area contributed by atoms with Gasteiger partial charge in [0.15, 0.2) is 6.23 Å². The maximum atomic E-state index is 6.13. The van der Waals surface area contributed by atoms with Gasteiger partial charge < -0.3 is 20.3 Å². The molecule has 0 amide bonds. The van der Waals surface area contributed by atoms with Crippen molar-refractivity contribution < 1.29 is 4.74 Å². The Bertz CT molecular complexity index is 1610. The van der Waals surface area contributed by atoms with E-state index in [0.29, 0.717) is 0 Å². The highest BCUT2D eigenvalue weighted by Gasteiger charge is 2.25. The van der Waals surface area contributed by atoms with Crippen LogP contribution >= 0.6 is 11.3 Å². The number of pyridine rings is 2. The third-order valence-electron chi connectivity index (χ3n) is 7.64. The van der Waals surface area contributed by atoms with E-state index in [2.05, 4.69) is 64.1 Å². The predicted octanol–water partition coefficient (Wildman–Crippen LogP) is 6.38. The summed E-state index contributed by atoms with van der Waals surface area (Å²) in [5.74, 6) is 0.836. The Labute approximate surface area is 238 Å². The lowest BCUT2D eigenvalue weighted by atomic mass is 10.1. The van der Waals surface area contributed by atoms with E-state index in [1.807, 2.05) is 30.1 Å². The Kier molecular flexibility index (Phi) is 6.93. The van der Waals surface area contributed by atoms with E-state index in [1.54, 1.807) is 11.3 Å². The van der Waals surface area contributed by atoms with Crippen molar-refractivity contribution in [1.29, 1.82) is 0 Å². The maximum absolute atomic E-state index is 6.13. The lowest BCUT2D eigenvalue weighted by Gasteiger charge is -2.29. The molecule has 0 aliphatic carbocycles. The van der Waals surface area contributed by atoms with Crippen molar-refractivity contribution in [3.63, 3.8) is 0 Å². The van der Waals surface area contributed by atoms with Gasteiger partial charge >= 0.3 is 0 Å². The molecule has 5 aromatic rings. The van der Waals surface area contributed by atoms with Gasteiger partial charge in [-0.05, 0) is 74.7 Å². The maximum Gasteiger partial charge on any atom is 0.150 e. The molecule has 2 aliphatic rings. The molecule has 2 aliphatic heterocycles. The zero-order chi connectivity index (χ0) is 26.9. The Balaban J connectivity index is 1.18. The van der Waals surface area contributed by atoms with Crippen LogP contribution in [0.15, 0.2) is 67.0 Å². The molecule has 1 aromatic carbocycles. The number of nitrogens with zero attached hydrogens (tertiary/aromatic N) is 5. The molecule has 1 unspecified atom stereocenters. The van der Waals surface area contributed by atoms with Crippen LogP contribution in [0.3, 0.4) is 0 Å². The van der Waals surface area contributed by atoms with Crippen molar-refractivity contribution in [3.05, 3.63) is 72.7 Å². The second-order valence-corrected chi connectivity index (χ2v) is 11.5. The summed E-state index contributed by atoms with van der Waals surface area (Å²) in [6, 6.07) is 19.1. The van der Waals surface area contributed by atoms with E-state index < -0.39 is 0 Å². The molecule has 2 N–H and O–H groups in total. The van der Waals surface area contributed by atoms with Gasteiger partial charge in [0.05, 0.1) is 17.6 Å². The molecule has 6 heterocycles. The van der Waals surface area contributed by atoms with E-state index in [1.165, 1.54) is 10.4 Å². The molecule has 204 valence electrons. The van der Waals surface area contributed by atoms with Gasteiger partial charge in [-0.25, -0.2) is 9.67 Å². The summed E-state index contributed by atoms with van der Waals surface area (Å²) in [7, 11) is 0. The molecular weight excluding hydrogens is 518 g/mol. The van der Waals surface area contributed by atoms with E-state index in [0.717, 1.165) is 96.5 Å². The quantitative estimate of drug-likeness (QED) is 0.253. The zero-order valence-electron chi connectivity index (χ0n) is 22.6. The summed E-state index contributed by atoms with van der Waals surface area (Å²) in [5, 5.41) is 12.8. The molecule has 0 radical (unpaired) electrons. The first-order valence-corrected chi connectivity index (χ1v) is 14.9. The number of nitrogens with one attached hydrogen (secondary N) is 2. The summed E-state index contributed by atoms with van der Waals surface area (Å²) in [6.45, 7) is 6.94. The van der Waals surface area contributed by atoms with Gasteiger partial charge in [0.25, 0.3) is 0 Å². The number of hydrogen-bond donors (Lipinski definition) is 2. The Hall–Kier alpha value is -3.79. The minimum atomic E-state index is -0.0652. The fourth-order valence-electron chi connectivity index (χ4n) is 5.57. The molecule has 9 heteroatoms. The number of fused-ring (bicyclic) bond motifs is 1. The van der Waals surface area contributed by atoms with Crippen molar-refractivity contribution in [1.82, 2.24) is 25.1 Å². The van der Waals surface area contributed by atoms with Gasteiger partial charge in [-0.15, -0.1) is 11.3 Å². The van der Waals surface area contributed by atoms with Crippen LogP contribution in [-0.4, -0.2) is 52.5 Å². The van der Waals surface area contributed by atoms with E-state index in [-0.39, 0.29) is 6.23 Å². The number of hydrogen-bond acceptors (Lipinski definition) is 8. The Morgan fingerprint density at radius 1 is 1.02 bits per heavy atom. The highest BCUT2D eigenvalue weighted by Crippen LogP contribution is 2.41. The first-order valence-electron chi connectivity index (χ1n) is 14.1. The lowest BCUT2D eigenvalue weighted by molar-refractivity contribution is -0.0383. The number of anilines is 3. The van der Waals surface area contributed by atoms with Gasteiger partial charge in [-0.2, -0.15) is 5.10 Å². The van der Waals surface area contributed by atoms with Gasteiger partial charge in [0.1, 0.15) is 5.82 Å². The Morgan fingerprint density at radius 3 is 2.70 bits per heavy atom. The van der Waals surface area contributed by atoms with Crippen LogP contribution < -0.4 is 15.5 Å². The first kappa shape index (κ1) is 25.2. The predicted molar refractivity (Wildman–Crippen MR) is 162 cm³/mol. The van der Waals surface area contributed by atoms with E-state index in [4.69, 9.17) is 19.8 Å². The molecule has 40 heavy (non-hydrogen) atoms. The number of ether oxygens (including phenoxy) is 1. The molecule has 0 saturated carbocycles. The molecule has 2 saturated heterocycles. The fraction of sp³-hybridized carbons (Fsp3) is 0.323. The zero-order valence-corrected chi connectivity index (χ0v) is 23.5. The van der Waals surface area contributed by atoms with Crippen LogP contribution in [0.1, 0.15) is 31.2 Å². The monoisotopic (exact) mass is 551 g/mol. The van der Waals surface area contributed by atoms with Crippen LogP contribution in [0, 0.1) is 6.92 Å². The van der Waals surface area contributed by atoms with Crippen molar-refractivity contribution in [3.8, 4) is 21.8 Å². The normalized spacial score (nSPS) is 17.8. The van der Waals surface area contributed by atoms with Crippen LogP contribution in [-0.2, 0) is 4.74 Å².